The second-order valence-electron chi connectivity index (χ2n) is 5.26. The van der Waals surface area contributed by atoms with Gasteiger partial charge in [-0.15, -0.1) is 0 Å². The summed E-state index contributed by atoms with van der Waals surface area (Å²) in [6.07, 6.45) is 1.58. The van der Waals surface area contributed by atoms with Gasteiger partial charge in [-0.1, -0.05) is 24.3 Å². The Labute approximate surface area is 143 Å². The van der Waals surface area contributed by atoms with Crippen molar-refractivity contribution in [1.29, 1.82) is 0 Å². The standard InChI is InChI=1S/C17H15N5O3/c1-20(13-6-3-2-4-7-13)19-17(23)16-10-11-21(18-16)14-8-5-9-15(12-14)22(24)25/h2-12H,1H3,(H,19,23). The van der Waals surface area contributed by atoms with E-state index in [9.17, 15) is 14.9 Å². The molecule has 0 radical (unpaired) electrons. The Morgan fingerprint density at radius 2 is 1.92 bits per heavy atom. The van der Waals surface area contributed by atoms with E-state index in [0.717, 1.165) is 5.69 Å². The number of non-ortho nitro benzene ring substituents is 1. The second-order valence-corrected chi connectivity index (χ2v) is 5.26. The van der Waals surface area contributed by atoms with Crippen molar-refractivity contribution in [2.24, 2.45) is 0 Å². The average molecular weight is 337 g/mol. The number of nitrogens with zero attached hydrogens (tertiary/aromatic N) is 4. The summed E-state index contributed by atoms with van der Waals surface area (Å²) in [5.41, 5.74) is 4.21. The van der Waals surface area contributed by atoms with E-state index in [1.807, 2.05) is 30.3 Å². The minimum absolute atomic E-state index is 0.0391. The number of para-hydroxylation sites is 1. The smallest absolute Gasteiger partial charge is 0.288 e. The number of nitro benzene ring substituents is 1. The zero-order valence-corrected chi connectivity index (χ0v) is 13.4. The van der Waals surface area contributed by atoms with Crippen molar-refractivity contribution in [2.45, 2.75) is 0 Å². The predicted molar refractivity (Wildman–Crippen MR) is 92.5 cm³/mol. The van der Waals surface area contributed by atoms with Crippen molar-refractivity contribution in [3.05, 3.63) is 82.7 Å². The van der Waals surface area contributed by atoms with Gasteiger partial charge in [-0.2, -0.15) is 5.10 Å². The molecule has 3 aromatic rings. The minimum atomic E-state index is -0.477. The van der Waals surface area contributed by atoms with Crippen LogP contribution in [-0.2, 0) is 0 Å². The van der Waals surface area contributed by atoms with Gasteiger partial charge in [0.2, 0.25) is 0 Å². The third-order valence-electron chi connectivity index (χ3n) is 3.54. The molecule has 8 heteroatoms. The number of nitro groups is 1. The summed E-state index contributed by atoms with van der Waals surface area (Å²) < 4.78 is 1.42. The number of hydrogen-bond acceptors (Lipinski definition) is 5. The fourth-order valence-electron chi connectivity index (χ4n) is 2.26. The summed E-state index contributed by atoms with van der Waals surface area (Å²) >= 11 is 0. The fourth-order valence-corrected chi connectivity index (χ4v) is 2.26. The number of amides is 1. The van der Waals surface area contributed by atoms with Gasteiger partial charge in [0.25, 0.3) is 11.6 Å². The van der Waals surface area contributed by atoms with Crippen LogP contribution in [0.2, 0.25) is 0 Å². The predicted octanol–water partition coefficient (Wildman–Crippen LogP) is 2.56. The Bertz CT molecular complexity index is 907. The summed E-state index contributed by atoms with van der Waals surface area (Å²) in [6, 6.07) is 16.9. The minimum Gasteiger partial charge on any atom is -0.288 e. The molecule has 2 aromatic carbocycles. The van der Waals surface area contributed by atoms with E-state index in [1.165, 1.54) is 16.8 Å². The largest absolute Gasteiger partial charge is 0.290 e. The number of carbonyl (C=O) groups excluding carboxylic acids is 1. The molecule has 0 atom stereocenters. The third kappa shape index (κ3) is 3.63. The first-order valence-electron chi connectivity index (χ1n) is 7.45. The first-order valence-corrected chi connectivity index (χ1v) is 7.45. The number of aromatic nitrogens is 2. The second kappa shape index (κ2) is 6.83. The van der Waals surface area contributed by atoms with Crippen molar-refractivity contribution < 1.29 is 9.72 Å². The highest BCUT2D eigenvalue weighted by Crippen LogP contribution is 2.16. The van der Waals surface area contributed by atoms with Crippen LogP contribution in [0.1, 0.15) is 10.5 Å². The van der Waals surface area contributed by atoms with Gasteiger partial charge in [-0.3, -0.25) is 25.3 Å². The Hall–Kier alpha value is -3.68. The van der Waals surface area contributed by atoms with Crippen LogP contribution in [0.4, 0.5) is 11.4 Å². The Morgan fingerprint density at radius 3 is 2.64 bits per heavy atom. The van der Waals surface area contributed by atoms with Crippen LogP contribution in [0.15, 0.2) is 66.9 Å². The van der Waals surface area contributed by atoms with Crippen LogP contribution in [0.5, 0.6) is 0 Å². The highest BCUT2D eigenvalue weighted by molar-refractivity contribution is 5.93. The number of carbonyl (C=O) groups is 1. The maximum atomic E-state index is 12.3. The van der Waals surface area contributed by atoms with Crippen LogP contribution >= 0.6 is 0 Å². The highest BCUT2D eigenvalue weighted by atomic mass is 16.6. The van der Waals surface area contributed by atoms with Crippen LogP contribution < -0.4 is 10.4 Å². The lowest BCUT2D eigenvalue weighted by Crippen LogP contribution is -2.39. The topological polar surface area (TPSA) is 93.3 Å². The fraction of sp³-hybridized carbons (Fsp3) is 0.0588. The monoisotopic (exact) mass is 337 g/mol. The van der Waals surface area contributed by atoms with Gasteiger partial charge >= 0.3 is 0 Å². The van der Waals surface area contributed by atoms with Gasteiger partial charge in [0.1, 0.15) is 0 Å². The normalized spacial score (nSPS) is 10.3. The molecule has 0 aliphatic heterocycles. The maximum absolute atomic E-state index is 12.3. The summed E-state index contributed by atoms with van der Waals surface area (Å²) in [7, 11) is 1.73. The van der Waals surface area contributed by atoms with Crippen molar-refractivity contribution in [2.75, 3.05) is 12.1 Å². The molecule has 0 unspecified atom stereocenters. The lowest BCUT2D eigenvalue weighted by molar-refractivity contribution is -0.384. The molecule has 1 aromatic heterocycles. The molecule has 1 amide bonds. The average Bonchev–Trinajstić information content (AvgIpc) is 3.13. The molecule has 0 spiro atoms. The van der Waals surface area contributed by atoms with Crippen LogP contribution in [0.25, 0.3) is 5.69 Å². The Kier molecular flexibility index (Phi) is 4.42. The zero-order chi connectivity index (χ0) is 17.8. The SMILES string of the molecule is CN(NC(=O)c1ccn(-c2cccc([N+](=O)[O-])c2)n1)c1ccccc1. The lowest BCUT2D eigenvalue weighted by atomic mass is 10.3. The van der Waals surface area contributed by atoms with Crippen molar-refractivity contribution in [1.82, 2.24) is 15.2 Å². The van der Waals surface area contributed by atoms with E-state index in [1.54, 1.807) is 36.5 Å². The first-order chi connectivity index (χ1) is 12.0. The molecule has 0 aliphatic rings. The van der Waals surface area contributed by atoms with Crippen molar-refractivity contribution in [3.8, 4) is 5.69 Å². The molecule has 0 saturated heterocycles. The maximum Gasteiger partial charge on any atom is 0.290 e. The molecule has 1 heterocycles. The molecule has 3 rings (SSSR count). The molecule has 0 fully saturated rings. The summed E-state index contributed by atoms with van der Waals surface area (Å²) in [4.78, 5) is 22.7. The molecular formula is C17H15N5O3. The van der Waals surface area contributed by atoms with Gasteiger partial charge in [0.15, 0.2) is 5.69 Å². The Morgan fingerprint density at radius 1 is 1.16 bits per heavy atom. The van der Waals surface area contributed by atoms with E-state index in [-0.39, 0.29) is 17.3 Å². The first kappa shape index (κ1) is 16.2. The molecule has 0 bridgehead atoms. The van der Waals surface area contributed by atoms with Crippen LogP contribution in [0, 0.1) is 10.1 Å². The lowest BCUT2D eigenvalue weighted by Gasteiger charge is -2.19. The van der Waals surface area contributed by atoms with Crippen molar-refractivity contribution in [3.63, 3.8) is 0 Å². The molecule has 0 saturated carbocycles. The molecule has 1 N–H and O–H groups in total. The molecule has 126 valence electrons. The van der Waals surface area contributed by atoms with Crippen LogP contribution in [0.3, 0.4) is 0 Å². The van der Waals surface area contributed by atoms with Gasteiger partial charge in [-0.25, -0.2) is 4.68 Å². The summed E-state index contributed by atoms with van der Waals surface area (Å²) in [5, 5.41) is 16.6. The van der Waals surface area contributed by atoms with E-state index < -0.39 is 4.92 Å². The van der Waals surface area contributed by atoms with Crippen LogP contribution in [-0.4, -0.2) is 27.7 Å². The molecule has 25 heavy (non-hydrogen) atoms. The van der Waals surface area contributed by atoms with E-state index >= 15 is 0 Å². The number of hydrazine groups is 1. The number of hydrogen-bond donors (Lipinski definition) is 1. The molecular weight excluding hydrogens is 322 g/mol. The summed E-state index contributed by atoms with van der Waals surface area (Å²) in [5.74, 6) is -0.379. The van der Waals surface area contributed by atoms with Gasteiger partial charge in [0.05, 0.1) is 16.3 Å². The number of rotatable bonds is 5. The quantitative estimate of drug-likeness (QED) is 0.570. The third-order valence-corrected chi connectivity index (χ3v) is 3.54. The summed E-state index contributed by atoms with van der Waals surface area (Å²) in [6.45, 7) is 0. The van der Waals surface area contributed by atoms with Gasteiger partial charge in [0, 0.05) is 25.4 Å². The number of nitrogens with one attached hydrogen (secondary N) is 1. The number of benzene rings is 2. The van der Waals surface area contributed by atoms with Crippen molar-refractivity contribution >= 4 is 17.3 Å². The highest BCUT2D eigenvalue weighted by Gasteiger charge is 2.13. The molecule has 8 nitrogen and oxygen atoms in total. The van der Waals surface area contributed by atoms with Gasteiger partial charge in [-0.05, 0) is 24.3 Å². The van der Waals surface area contributed by atoms with Gasteiger partial charge < -0.3 is 0 Å². The van der Waals surface area contributed by atoms with E-state index in [4.69, 9.17) is 0 Å². The number of anilines is 1. The zero-order valence-electron chi connectivity index (χ0n) is 13.4. The van der Waals surface area contributed by atoms with E-state index in [2.05, 4.69) is 10.5 Å². The molecule has 0 aliphatic carbocycles. The Balaban J connectivity index is 1.76. The van der Waals surface area contributed by atoms with E-state index in [0.29, 0.717) is 5.69 Å².